The van der Waals surface area contributed by atoms with E-state index in [1.165, 1.54) is 0 Å². The highest BCUT2D eigenvalue weighted by atomic mass is 32.2. The summed E-state index contributed by atoms with van der Waals surface area (Å²) in [6.45, 7) is 11.1. The number of aryl methyl sites for hydroxylation is 3. The summed E-state index contributed by atoms with van der Waals surface area (Å²) in [6, 6.07) is 13.6. The Bertz CT molecular complexity index is 1110. The number of nitrogens with zero attached hydrogens (tertiary/aromatic N) is 2. The third-order valence-electron chi connectivity index (χ3n) is 7.08. The molecular weight excluding hydrogens is 434 g/mol. The number of piperidine rings is 1. The number of benzene rings is 2. The SMILES string of the molecule is Cc1cc(C)c(S(=O)(=O)N2CCC3(CC2)NC(C(C)C)C(=O)N3Cc2ccccc2)c(C)c1. The topological polar surface area (TPSA) is 69.7 Å². The summed E-state index contributed by atoms with van der Waals surface area (Å²) in [7, 11) is -3.60. The number of hydrogen-bond donors (Lipinski definition) is 1. The number of nitrogens with one attached hydrogen (secondary N) is 1. The zero-order chi connectivity index (χ0) is 24.0. The van der Waals surface area contributed by atoms with E-state index in [1.54, 1.807) is 4.31 Å². The Morgan fingerprint density at radius 2 is 1.61 bits per heavy atom. The van der Waals surface area contributed by atoms with Gasteiger partial charge >= 0.3 is 0 Å². The first-order valence-electron chi connectivity index (χ1n) is 11.8. The van der Waals surface area contributed by atoms with Crippen LogP contribution >= 0.6 is 0 Å². The summed E-state index contributed by atoms with van der Waals surface area (Å²) < 4.78 is 28.8. The molecule has 1 amide bonds. The van der Waals surface area contributed by atoms with Crippen molar-refractivity contribution in [1.29, 1.82) is 0 Å². The van der Waals surface area contributed by atoms with Crippen LogP contribution in [0.1, 0.15) is 48.9 Å². The predicted octanol–water partition coefficient (Wildman–Crippen LogP) is 3.75. The third-order valence-corrected chi connectivity index (χ3v) is 9.28. The zero-order valence-electron chi connectivity index (χ0n) is 20.3. The quantitative estimate of drug-likeness (QED) is 0.724. The molecule has 178 valence electrons. The fraction of sp³-hybridized carbons (Fsp3) is 0.500. The van der Waals surface area contributed by atoms with Gasteiger partial charge < -0.3 is 4.90 Å². The van der Waals surface area contributed by atoms with Crippen molar-refractivity contribution in [3.63, 3.8) is 0 Å². The van der Waals surface area contributed by atoms with Crippen molar-refractivity contribution < 1.29 is 13.2 Å². The lowest BCUT2D eigenvalue weighted by molar-refractivity contribution is -0.134. The first-order chi connectivity index (χ1) is 15.5. The molecule has 2 heterocycles. The van der Waals surface area contributed by atoms with Gasteiger partial charge in [-0.1, -0.05) is 61.9 Å². The Morgan fingerprint density at radius 1 is 1.03 bits per heavy atom. The van der Waals surface area contributed by atoms with E-state index >= 15 is 0 Å². The highest BCUT2D eigenvalue weighted by Crippen LogP contribution is 2.37. The molecule has 1 spiro atoms. The van der Waals surface area contributed by atoms with Crippen molar-refractivity contribution >= 4 is 15.9 Å². The first-order valence-corrected chi connectivity index (χ1v) is 13.2. The normalized spacial score (nSPS) is 21.3. The van der Waals surface area contributed by atoms with Crippen LogP contribution in [0.2, 0.25) is 0 Å². The fourth-order valence-corrected chi connectivity index (χ4v) is 7.32. The van der Waals surface area contributed by atoms with E-state index in [1.807, 2.05) is 68.1 Å². The fourth-order valence-electron chi connectivity index (χ4n) is 5.47. The Labute approximate surface area is 198 Å². The lowest BCUT2D eigenvalue weighted by Crippen LogP contribution is -2.59. The molecule has 0 radical (unpaired) electrons. The summed E-state index contributed by atoms with van der Waals surface area (Å²) in [5.74, 6) is 0.269. The van der Waals surface area contributed by atoms with Gasteiger partial charge in [0.25, 0.3) is 0 Å². The molecule has 33 heavy (non-hydrogen) atoms. The van der Waals surface area contributed by atoms with Crippen LogP contribution in [0, 0.1) is 26.7 Å². The maximum atomic E-state index is 13.6. The molecule has 0 bridgehead atoms. The molecule has 0 aliphatic carbocycles. The van der Waals surface area contributed by atoms with E-state index in [9.17, 15) is 13.2 Å². The van der Waals surface area contributed by atoms with Gasteiger partial charge in [0.15, 0.2) is 0 Å². The Kier molecular flexibility index (Phi) is 6.42. The summed E-state index contributed by atoms with van der Waals surface area (Å²) in [4.78, 5) is 15.8. The zero-order valence-corrected chi connectivity index (χ0v) is 21.1. The van der Waals surface area contributed by atoms with Gasteiger partial charge in [-0.2, -0.15) is 4.31 Å². The molecule has 2 fully saturated rings. The second kappa shape index (κ2) is 8.85. The van der Waals surface area contributed by atoms with Crippen LogP contribution in [0.5, 0.6) is 0 Å². The van der Waals surface area contributed by atoms with Gasteiger partial charge in [0.2, 0.25) is 15.9 Å². The molecule has 6 nitrogen and oxygen atoms in total. The summed E-state index contributed by atoms with van der Waals surface area (Å²) in [5, 5.41) is 3.62. The van der Waals surface area contributed by atoms with Crippen LogP contribution in [0.4, 0.5) is 0 Å². The van der Waals surface area contributed by atoms with E-state index in [2.05, 4.69) is 19.2 Å². The van der Waals surface area contributed by atoms with Crippen molar-refractivity contribution in [2.75, 3.05) is 13.1 Å². The number of amides is 1. The molecule has 0 saturated carbocycles. The molecule has 4 rings (SSSR count). The second-order valence-corrected chi connectivity index (χ2v) is 11.8. The van der Waals surface area contributed by atoms with E-state index in [0.717, 1.165) is 22.3 Å². The maximum Gasteiger partial charge on any atom is 0.243 e. The smallest absolute Gasteiger partial charge is 0.243 e. The minimum Gasteiger partial charge on any atom is -0.319 e. The maximum absolute atomic E-state index is 13.6. The van der Waals surface area contributed by atoms with Gasteiger partial charge in [0.1, 0.15) is 0 Å². The van der Waals surface area contributed by atoms with Gasteiger partial charge in [0.05, 0.1) is 16.6 Å². The number of hydrogen-bond acceptors (Lipinski definition) is 4. The summed E-state index contributed by atoms with van der Waals surface area (Å²) in [6.07, 6.45) is 1.13. The average molecular weight is 470 g/mol. The van der Waals surface area contributed by atoms with Crippen LogP contribution in [-0.4, -0.2) is 48.3 Å². The number of sulfonamides is 1. The van der Waals surface area contributed by atoms with Crippen LogP contribution in [0.3, 0.4) is 0 Å². The monoisotopic (exact) mass is 469 g/mol. The van der Waals surface area contributed by atoms with Crippen molar-refractivity contribution in [3.05, 3.63) is 64.7 Å². The molecule has 2 aromatic carbocycles. The first kappa shape index (κ1) is 23.9. The number of carbonyl (C=O) groups is 1. The molecule has 1 unspecified atom stereocenters. The second-order valence-electron chi connectivity index (χ2n) is 9.94. The highest BCUT2D eigenvalue weighted by Gasteiger charge is 2.53. The van der Waals surface area contributed by atoms with Crippen molar-refractivity contribution in [1.82, 2.24) is 14.5 Å². The van der Waals surface area contributed by atoms with Crippen LogP contribution in [0.25, 0.3) is 0 Å². The molecule has 0 aromatic heterocycles. The van der Waals surface area contributed by atoms with Gasteiger partial charge in [-0.05, 0) is 56.2 Å². The predicted molar refractivity (Wildman–Crippen MR) is 130 cm³/mol. The Balaban J connectivity index is 1.60. The van der Waals surface area contributed by atoms with Crippen molar-refractivity contribution in [2.24, 2.45) is 5.92 Å². The summed E-state index contributed by atoms with van der Waals surface area (Å²) >= 11 is 0. The standard InChI is InChI=1S/C26H35N3O3S/c1-18(2)23-25(30)29(17-22-9-7-6-8-10-22)26(27-23)11-13-28(14-12-26)33(31,32)24-20(4)15-19(3)16-21(24)5/h6-10,15-16,18,23,27H,11-14,17H2,1-5H3. The molecule has 2 aliphatic heterocycles. The Hall–Kier alpha value is -2.22. The third kappa shape index (κ3) is 4.34. The van der Waals surface area contributed by atoms with E-state index in [-0.39, 0.29) is 17.9 Å². The highest BCUT2D eigenvalue weighted by molar-refractivity contribution is 7.89. The lowest BCUT2D eigenvalue weighted by Gasteiger charge is -2.44. The molecule has 2 aromatic rings. The van der Waals surface area contributed by atoms with Crippen LogP contribution in [0.15, 0.2) is 47.4 Å². The largest absolute Gasteiger partial charge is 0.319 e. The number of rotatable bonds is 5. The molecular formula is C26H35N3O3S. The van der Waals surface area contributed by atoms with E-state index in [0.29, 0.717) is 37.4 Å². The molecule has 7 heteroatoms. The van der Waals surface area contributed by atoms with Gasteiger partial charge in [-0.15, -0.1) is 0 Å². The minimum atomic E-state index is -3.60. The molecule has 1 N–H and O–H groups in total. The van der Waals surface area contributed by atoms with Gasteiger partial charge in [-0.25, -0.2) is 8.42 Å². The number of carbonyl (C=O) groups excluding carboxylic acids is 1. The van der Waals surface area contributed by atoms with Crippen molar-refractivity contribution in [3.8, 4) is 0 Å². The van der Waals surface area contributed by atoms with Crippen LogP contribution < -0.4 is 5.32 Å². The lowest BCUT2D eigenvalue weighted by atomic mass is 9.96. The Morgan fingerprint density at radius 3 is 2.15 bits per heavy atom. The summed E-state index contributed by atoms with van der Waals surface area (Å²) in [5.41, 5.74) is 3.19. The molecule has 2 aliphatic rings. The van der Waals surface area contributed by atoms with Gasteiger partial charge in [0, 0.05) is 19.6 Å². The average Bonchev–Trinajstić information content (AvgIpc) is 3.00. The molecule has 2 saturated heterocycles. The van der Waals surface area contributed by atoms with E-state index in [4.69, 9.17) is 0 Å². The van der Waals surface area contributed by atoms with Gasteiger partial charge in [-0.3, -0.25) is 10.1 Å². The van der Waals surface area contributed by atoms with Crippen molar-refractivity contribution in [2.45, 2.75) is 70.6 Å². The van der Waals surface area contributed by atoms with Crippen LogP contribution in [-0.2, 0) is 21.4 Å². The minimum absolute atomic E-state index is 0.107. The molecule has 1 atom stereocenters. The van der Waals surface area contributed by atoms with E-state index < -0.39 is 15.7 Å².